The van der Waals surface area contributed by atoms with E-state index in [-0.39, 0.29) is 5.78 Å². The molecule has 23 heavy (non-hydrogen) atoms. The molecule has 0 spiro atoms. The number of ketones is 1. The third kappa shape index (κ3) is 4.23. The summed E-state index contributed by atoms with van der Waals surface area (Å²) in [4.78, 5) is 24.1. The molecule has 0 aromatic heterocycles. The zero-order chi connectivity index (χ0) is 16.8. The van der Waals surface area contributed by atoms with Crippen LogP contribution in [0, 0.1) is 5.82 Å². The zero-order valence-corrected chi connectivity index (χ0v) is 13.0. The van der Waals surface area contributed by atoms with Crippen molar-refractivity contribution in [2.45, 2.75) is 19.1 Å². The van der Waals surface area contributed by atoms with Crippen LogP contribution in [-0.2, 0) is 9.53 Å². The molecule has 0 aliphatic rings. The Morgan fingerprint density at radius 3 is 2.17 bits per heavy atom. The first-order chi connectivity index (χ1) is 11.0. The van der Waals surface area contributed by atoms with Crippen LogP contribution in [0.3, 0.4) is 0 Å². The summed E-state index contributed by atoms with van der Waals surface area (Å²) in [6.45, 7) is 1.27. The van der Waals surface area contributed by atoms with Gasteiger partial charge in [0.2, 0.25) is 0 Å². The molecule has 2 rings (SSSR count). The highest BCUT2D eigenvalue weighted by Crippen LogP contribution is 2.24. The van der Waals surface area contributed by atoms with Crippen molar-refractivity contribution < 1.29 is 18.7 Å². The van der Waals surface area contributed by atoms with Crippen molar-refractivity contribution in [3.63, 3.8) is 0 Å². The Labute approximate surface area is 134 Å². The van der Waals surface area contributed by atoms with Gasteiger partial charge < -0.3 is 10.1 Å². The summed E-state index contributed by atoms with van der Waals surface area (Å²) in [6.07, 6.45) is -0.842. The van der Waals surface area contributed by atoms with E-state index in [0.29, 0.717) is 11.1 Å². The van der Waals surface area contributed by atoms with Crippen LogP contribution in [0.4, 0.5) is 4.39 Å². The Morgan fingerprint density at radius 1 is 1.04 bits per heavy atom. The van der Waals surface area contributed by atoms with Gasteiger partial charge in [-0.15, -0.1) is 0 Å². The largest absolute Gasteiger partial charge is 0.455 e. The lowest BCUT2D eigenvalue weighted by atomic mass is 9.94. The molecule has 4 nitrogen and oxygen atoms in total. The second-order valence-corrected chi connectivity index (χ2v) is 5.08. The van der Waals surface area contributed by atoms with Gasteiger partial charge in [-0.25, -0.2) is 4.39 Å². The van der Waals surface area contributed by atoms with E-state index in [0.717, 1.165) is 0 Å². The molecule has 0 aliphatic heterocycles. The molecule has 2 atom stereocenters. The third-order valence-corrected chi connectivity index (χ3v) is 3.45. The maximum Gasteiger partial charge on any atom is 0.303 e. The summed E-state index contributed by atoms with van der Waals surface area (Å²) in [6, 6.07) is 13.5. The average Bonchev–Trinajstić information content (AvgIpc) is 2.55. The minimum absolute atomic E-state index is 0.205. The Hall–Kier alpha value is -2.53. The summed E-state index contributed by atoms with van der Waals surface area (Å²) in [5.74, 6) is -1.12. The molecule has 120 valence electrons. The van der Waals surface area contributed by atoms with Crippen LogP contribution in [0.25, 0.3) is 0 Å². The first kappa shape index (κ1) is 16.8. The van der Waals surface area contributed by atoms with E-state index in [2.05, 4.69) is 5.32 Å². The van der Waals surface area contributed by atoms with Crippen molar-refractivity contribution in [1.82, 2.24) is 5.32 Å². The van der Waals surface area contributed by atoms with Gasteiger partial charge in [0.1, 0.15) is 18.0 Å². The van der Waals surface area contributed by atoms with Gasteiger partial charge in [-0.3, -0.25) is 9.59 Å². The minimum Gasteiger partial charge on any atom is -0.455 e. The number of hydrogen-bond acceptors (Lipinski definition) is 4. The molecule has 0 amide bonds. The normalized spacial score (nSPS) is 13.2. The maximum absolute atomic E-state index is 13.1. The number of benzene rings is 2. The lowest BCUT2D eigenvalue weighted by molar-refractivity contribution is -0.147. The average molecular weight is 315 g/mol. The highest BCUT2D eigenvalue weighted by Gasteiger charge is 2.31. The van der Waals surface area contributed by atoms with Crippen LogP contribution < -0.4 is 5.32 Å². The Bertz CT molecular complexity index is 670. The van der Waals surface area contributed by atoms with Crippen molar-refractivity contribution in [2.75, 3.05) is 7.05 Å². The van der Waals surface area contributed by atoms with Crippen LogP contribution in [0.1, 0.15) is 28.9 Å². The number of halogens is 1. The molecule has 0 aliphatic carbocycles. The van der Waals surface area contributed by atoms with E-state index in [1.165, 1.54) is 31.2 Å². The summed E-state index contributed by atoms with van der Waals surface area (Å²) >= 11 is 0. The molecule has 0 heterocycles. The Kier molecular flexibility index (Phi) is 5.60. The maximum atomic E-state index is 13.1. The quantitative estimate of drug-likeness (QED) is 0.658. The van der Waals surface area contributed by atoms with E-state index in [9.17, 15) is 14.0 Å². The van der Waals surface area contributed by atoms with Gasteiger partial charge in [0.05, 0.1) is 0 Å². The van der Waals surface area contributed by atoms with E-state index in [4.69, 9.17) is 4.74 Å². The van der Waals surface area contributed by atoms with Gasteiger partial charge in [-0.1, -0.05) is 42.5 Å². The molecule has 0 bridgehead atoms. The number of carbonyl (C=O) groups excluding carboxylic acids is 2. The van der Waals surface area contributed by atoms with Crippen molar-refractivity contribution in [1.29, 1.82) is 0 Å². The topological polar surface area (TPSA) is 55.4 Å². The molecule has 0 radical (unpaired) electrons. The Morgan fingerprint density at radius 2 is 1.65 bits per heavy atom. The summed E-state index contributed by atoms with van der Waals surface area (Å²) in [5.41, 5.74) is 1.05. The Balaban J connectivity index is 2.37. The highest BCUT2D eigenvalue weighted by molar-refractivity contribution is 6.00. The van der Waals surface area contributed by atoms with Crippen molar-refractivity contribution in [3.8, 4) is 0 Å². The van der Waals surface area contributed by atoms with Gasteiger partial charge in [-0.05, 0) is 24.7 Å². The van der Waals surface area contributed by atoms with Gasteiger partial charge >= 0.3 is 5.97 Å². The number of ether oxygens (including phenoxy) is 1. The minimum atomic E-state index is -0.842. The van der Waals surface area contributed by atoms with E-state index in [1.807, 2.05) is 6.07 Å². The first-order valence-electron chi connectivity index (χ1n) is 7.22. The van der Waals surface area contributed by atoms with Crippen LogP contribution in [0.5, 0.6) is 0 Å². The smallest absolute Gasteiger partial charge is 0.303 e. The second kappa shape index (κ2) is 7.65. The number of esters is 1. The standard InChI is InChI=1S/C18H18FNO3/c1-12(21)23-18(14-8-10-15(19)11-9-14)16(20-2)17(22)13-6-4-3-5-7-13/h3-11,16,18,20H,1-2H3/t16-,18-/m1/s1. The number of carbonyl (C=O) groups is 2. The monoisotopic (exact) mass is 315 g/mol. The molecule has 0 fully saturated rings. The number of nitrogens with one attached hydrogen (secondary N) is 1. The van der Waals surface area contributed by atoms with Crippen molar-refractivity contribution in [2.24, 2.45) is 0 Å². The molecule has 2 aromatic rings. The fourth-order valence-electron chi connectivity index (χ4n) is 2.36. The predicted molar refractivity (Wildman–Crippen MR) is 84.5 cm³/mol. The number of likely N-dealkylation sites (N-methyl/N-ethyl adjacent to an activating group) is 1. The molecule has 1 N–H and O–H groups in total. The summed E-state index contributed by atoms with van der Waals surface area (Å²) in [5, 5.41) is 2.90. The highest BCUT2D eigenvalue weighted by atomic mass is 19.1. The number of Topliss-reactive ketones (excluding diaryl/α,β-unsaturated/α-hetero) is 1. The van der Waals surface area contributed by atoms with Gasteiger partial charge in [0.25, 0.3) is 0 Å². The molecular formula is C18H18FNO3. The number of rotatable bonds is 6. The number of hydrogen-bond donors (Lipinski definition) is 1. The van der Waals surface area contributed by atoms with Crippen molar-refractivity contribution in [3.05, 3.63) is 71.5 Å². The molecule has 0 unspecified atom stereocenters. The van der Waals surface area contributed by atoms with Crippen LogP contribution in [0.2, 0.25) is 0 Å². The fourth-order valence-corrected chi connectivity index (χ4v) is 2.36. The molecule has 5 heteroatoms. The molecule has 0 saturated carbocycles. The predicted octanol–water partition coefficient (Wildman–Crippen LogP) is 2.90. The fraction of sp³-hybridized carbons (Fsp3) is 0.222. The van der Waals surface area contributed by atoms with Gasteiger partial charge in [0.15, 0.2) is 5.78 Å². The SMILES string of the molecule is CN[C@H](C(=O)c1ccccc1)[C@H](OC(C)=O)c1ccc(F)cc1. The van der Waals surface area contributed by atoms with Crippen LogP contribution in [-0.4, -0.2) is 24.8 Å². The van der Waals surface area contributed by atoms with E-state index < -0.39 is 23.9 Å². The van der Waals surface area contributed by atoms with Crippen LogP contribution in [0.15, 0.2) is 54.6 Å². The van der Waals surface area contributed by atoms with Gasteiger partial charge in [0, 0.05) is 12.5 Å². The molecular weight excluding hydrogens is 297 g/mol. The summed E-state index contributed by atoms with van der Waals surface area (Å²) in [7, 11) is 1.62. The molecule has 0 saturated heterocycles. The van der Waals surface area contributed by atoms with Crippen LogP contribution >= 0.6 is 0 Å². The lowest BCUT2D eigenvalue weighted by Gasteiger charge is -2.26. The molecule has 2 aromatic carbocycles. The third-order valence-electron chi connectivity index (χ3n) is 3.45. The van der Waals surface area contributed by atoms with Gasteiger partial charge in [-0.2, -0.15) is 0 Å². The lowest BCUT2D eigenvalue weighted by Crippen LogP contribution is -2.41. The van der Waals surface area contributed by atoms with E-state index >= 15 is 0 Å². The van der Waals surface area contributed by atoms with Crippen molar-refractivity contribution >= 4 is 11.8 Å². The first-order valence-corrected chi connectivity index (χ1v) is 7.22. The summed E-state index contributed by atoms with van der Waals surface area (Å²) < 4.78 is 18.5. The second-order valence-electron chi connectivity index (χ2n) is 5.08. The zero-order valence-electron chi connectivity index (χ0n) is 13.0. The van der Waals surface area contributed by atoms with E-state index in [1.54, 1.807) is 31.3 Å².